The van der Waals surface area contributed by atoms with Crippen molar-refractivity contribution in [3.63, 3.8) is 0 Å². The van der Waals surface area contributed by atoms with Crippen molar-refractivity contribution in [2.45, 2.75) is 44.8 Å². The highest BCUT2D eigenvalue weighted by Gasteiger charge is 2.53. The summed E-state index contributed by atoms with van der Waals surface area (Å²) < 4.78 is 31.4. The van der Waals surface area contributed by atoms with Crippen LogP contribution in [0.25, 0.3) is 0 Å². The Hall–Kier alpha value is -0.975. The van der Waals surface area contributed by atoms with Crippen molar-refractivity contribution in [3.05, 3.63) is 23.8 Å². The molecule has 3 rings (SSSR count). The lowest BCUT2D eigenvalue weighted by molar-refractivity contribution is 0.00578. The molecule has 0 unspecified atom stereocenters. The summed E-state index contributed by atoms with van der Waals surface area (Å²) in [5.74, 6) is -0.208. The summed E-state index contributed by atoms with van der Waals surface area (Å²) in [4.78, 5) is 4.32. The van der Waals surface area contributed by atoms with Crippen molar-refractivity contribution in [1.29, 1.82) is 0 Å². The van der Waals surface area contributed by atoms with Gasteiger partial charge in [-0.15, -0.1) is 0 Å². The summed E-state index contributed by atoms with van der Waals surface area (Å²) in [6.07, 6.45) is 1.48. The van der Waals surface area contributed by atoms with E-state index in [1.165, 1.54) is 12.3 Å². The van der Waals surface area contributed by atoms with Gasteiger partial charge in [-0.05, 0) is 33.8 Å². The molecule has 0 aliphatic carbocycles. The molecule has 0 amide bonds. The van der Waals surface area contributed by atoms with Gasteiger partial charge in [0.15, 0.2) is 0 Å². The van der Waals surface area contributed by atoms with Crippen LogP contribution < -0.4 is 5.46 Å². The first kappa shape index (κ1) is 14.0. The highest BCUT2D eigenvalue weighted by molar-refractivity contribution is 6.62. The number of pyridine rings is 1. The van der Waals surface area contributed by atoms with Gasteiger partial charge in [0.25, 0.3) is 0 Å². The van der Waals surface area contributed by atoms with E-state index in [0.29, 0.717) is 24.4 Å². The Labute approximate surface area is 118 Å². The molecule has 6 heteroatoms. The Balaban J connectivity index is 1.99. The Morgan fingerprint density at radius 2 is 1.80 bits per heavy atom. The Bertz CT molecular complexity index is 515. The van der Waals surface area contributed by atoms with E-state index in [1.807, 2.05) is 27.7 Å². The molecule has 0 saturated carbocycles. The van der Waals surface area contributed by atoms with E-state index in [2.05, 4.69) is 4.98 Å². The van der Waals surface area contributed by atoms with Gasteiger partial charge in [-0.3, -0.25) is 4.98 Å². The van der Waals surface area contributed by atoms with E-state index in [0.717, 1.165) is 0 Å². The Morgan fingerprint density at radius 3 is 2.30 bits per heavy atom. The summed E-state index contributed by atoms with van der Waals surface area (Å²) in [7, 11) is -0.718. The molecule has 2 aliphatic rings. The summed E-state index contributed by atoms with van der Waals surface area (Å²) in [5, 5.41) is 0. The van der Waals surface area contributed by atoms with Crippen LogP contribution in [0.2, 0.25) is 0 Å². The van der Waals surface area contributed by atoms with Crippen molar-refractivity contribution in [1.82, 2.24) is 4.98 Å². The summed E-state index contributed by atoms with van der Waals surface area (Å²) in [6.45, 7) is 8.95. The molecule has 2 aliphatic heterocycles. The number of aromatic nitrogens is 1. The monoisotopic (exact) mass is 279 g/mol. The van der Waals surface area contributed by atoms with Crippen molar-refractivity contribution < 1.29 is 18.4 Å². The Kier molecular flexibility index (Phi) is 3.16. The highest BCUT2D eigenvalue weighted by Crippen LogP contribution is 2.37. The van der Waals surface area contributed by atoms with Crippen LogP contribution in [0, 0.1) is 5.82 Å². The fraction of sp³-hybridized carbons (Fsp3) is 0.643. The molecule has 3 heterocycles. The number of nitrogens with zero attached hydrogens (tertiary/aromatic N) is 1. The minimum absolute atomic E-state index is 0.125. The van der Waals surface area contributed by atoms with E-state index in [1.54, 1.807) is 0 Å². The smallest absolute Gasteiger partial charge is 0.399 e. The lowest BCUT2D eigenvalue weighted by Crippen LogP contribution is -2.43. The van der Waals surface area contributed by atoms with Crippen molar-refractivity contribution in [2.75, 3.05) is 13.2 Å². The molecule has 108 valence electrons. The van der Waals surface area contributed by atoms with Gasteiger partial charge < -0.3 is 14.0 Å². The molecule has 0 N–H and O–H groups in total. The van der Waals surface area contributed by atoms with Gasteiger partial charge in [0.05, 0.1) is 30.1 Å². The molecule has 20 heavy (non-hydrogen) atoms. The third kappa shape index (κ3) is 2.06. The molecule has 0 radical (unpaired) electrons. The maximum atomic E-state index is 14.3. The first-order valence-corrected chi connectivity index (χ1v) is 6.89. The van der Waals surface area contributed by atoms with Gasteiger partial charge in [-0.2, -0.15) is 0 Å². The zero-order valence-corrected chi connectivity index (χ0v) is 12.3. The van der Waals surface area contributed by atoms with Crippen LogP contribution >= 0.6 is 0 Å². The fourth-order valence-electron chi connectivity index (χ4n) is 2.38. The zero-order valence-electron chi connectivity index (χ0n) is 12.3. The second kappa shape index (κ2) is 4.51. The molecule has 0 spiro atoms. The molecular formula is C14H19BFNO3. The molecule has 0 atom stereocenters. The van der Waals surface area contributed by atoms with Crippen LogP contribution in [0.5, 0.6) is 0 Å². The number of rotatable bonds is 2. The van der Waals surface area contributed by atoms with E-state index >= 15 is 0 Å². The van der Waals surface area contributed by atoms with Crippen LogP contribution in [0.15, 0.2) is 12.3 Å². The van der Waals surface area contributed by atoms with Crippen LogP contribution in [0.3, 0.4) is 0 Å². The number of halogens is 1. The lowest BCUT2D eigenvalue weighted by atomic mass is 9.74. The van der Waals surface area contributed by atoms with Crippen molar-refractivity contribution in [2.24, 2.45) is 0 Å². The van der Waals surface area contributed by atoms with Gasteiger partial charge in [0.2, 0.25) is 0 Å². The first-order chi connectivity index (χ1) is 9.32. The molecular weight excluding hydrogens is 260 g/mol. The molecule has 0 aromatic carbocycles. The molecule has 1 aromatic heterocycles. The summed E-state index contributed by atoms with van der Waals surface area (Å²) in [6, 6.07) is 1.35. The first-order valence-electron chi connectivity index (χ1n) is 6.89. The second-order valence-electron chi connectivity index (χ2n) is 6.41. The van der Waals surface area contributed by atoms with Crippen LogP contribution in [0.1, 0.15) is 39.3 Å². The van der Waals surface area contributed by atoms with Gasteiger partial charge in [0, 0.05) is 17.6 Å². The average molecular weight is 279 g/mol. The highest BCUT2D eigenvalue weighted by atomic mass is 19.1. The second-order valence-corrected chi connectivity index (χ2v) is 6.41. The van der Waals surface area contributed by atoms with Crippen LogP contribution in [-0.4, -0.2) is 36.5 Å². The Morgan fingerprint density at radius 1 is 1.20 bits per heavy atom. The minimum atomic E-state index is -0.718. The fourth-order valence-corrected chi connectivity index (χ4v) is 2.38. The predicted octanol–water partition coefficient (Wildman–Crippen LogP) is 1.63. The molecule has 0 bridgehead atoms. The largest absolute Gasteiger partial charge is 0.499 e. The van der Waals surface area contributed by atoms with Crippen LogP contribution in [0.4, 0.5) is 4.39 Å². The molecule has 1 aromatic rings. The third-order valence-corrected chi connectivity index (χ3v) is 4.48. The molecule has 2 saturated heterocycles. The summed E-state index contributed by atoms with van der Waals surface area (Å²) in [5.41, 5.74) is 0.120. The SMILES string of the molecule is CC1(C)OB(c2c(F)ccnc2C2COC2)OC1(C)C. The molecule has 4 nitrogen and oxygen atoms in total. The predicted molar refractivity (Wildman–Crippen MR) is 73.5 cm³/mol. The van der Waals surface area contributed by atoms with Crippen molar-refractivity contribution >= 4 is 12.6 Å². The number of hydrogen-bond donors (Lipinski definition) is 0. The van der Waals surface area contributed by atoms with Gasteiger partial charge in [0.1, 0.15) is 5.82 Å². The average Bonchev–Trinajstić information content (AvgIpc) is 2.45. The van der Waals surface area contributed by atoms with E-state index in [9.17, 15) is 4.39 Å². The zero-order chi connectivity index (χ0) is 14.5. The van der Waals surface area contributed by atoms with Gasteiger partial charge in [-0.1, -0.05) is 0 Å². The molecule has 2 fully saturated rings. The lowest BCUT2D eigenvalue weighted by Gasteiger charge is -2.32. The van der Waals surface area contributed by atoms with Crippen LogP contribution in [-0.2, 0) is 14.0 Å². The number of ether oxygens (including phenoxy) is 1. The summed E-state index contributed by atoms with van der Waals surface area (Å²) >= 11 is 0. The quantitative estimate of drug-likeness (QED) is 0.772. The minimum Gasteiger partial charge on any atom is -0.399 e. The van der Waals surface area contributed by atoms with Crippen molar-refractivity contribution in [3.8, 4) is 0 Å². The normalized spacial score (nSPS) is 24.8. The van der Waals surface area contributed by atoms with E-state index < -0.39 is 18.3 Å². The topological polar surface area (TPSA) is 40.6 Å². The standard InChI is InChI=1S/C14H19BFNO3/c1-13(2)14(3,4)20-15(19-13)11-10(16)5-6-17-12(11)9-7-18-8-9/h5-6,9H,7-8H2,1-4H3. The van der Waals surface area contributed by atoms with E-state index in [-0.39, 0.29) is 11.7 Å². The van der Waals surface area contributed by atoms with Gasteiger partial charge >= 0.3 is 7.12 Å². The van der Waals surface area contributed by atoms with E-state index in [4.69, 9.17) is 14.0 Å². The maximum Gasteiger partial charge on any atom is 0.499 e. The third-order valence-electron chi connectivity index (χ3n) is 4.48. The number of hydrogen-bond acceptors (Lipinski definition) is 4. The maximum absolute atomic E-state index is 14.3. The van der Waals surface area contributed by atoms with Gasteiger partial charge in [-0.25, -0.2) is 4.39 Å².